The van der Waals surface area contributed by atoms with Crippen LogP contribution in [0, 0.1) is 11.8 Å². The van der Waals surface area contributed by atoms with Gasteiger partial charge in [-0.15, -0.1) is 0 Å². The maximum absolute atomic E-state index is 12.5. The molecule has 1 aliphatic heterocycles. The SMILES string of the molecule is CC(C)CCC(C)N1C(=O)C(C(C)C)NC(=O)C1C. The molecule has 1 rings (SSSR count). The number of rotatable bonds is 5. The van der Waals surface area contributed by atoms with Crippen LogP contribution in [0.4, 0.5) is 0 Å². The summed E-state index contributed by atoms with van der Waals surface area (Å²) in [7, 11) is 0. The van der Waals surface area contributed by atoms with E-state index < -0.39 is 0 Å². The fourth-order valence-corrected chi connectivity index (χ4v) is 2.58. The van der Waals surface area contributed by atoms with Gasteiger partial charge in [0, 0.05) is 6.04 Å². The van der Waals surface area contributed by atoms with Crippen molar-refractivity contribution in [1.82, 2.24) is 10.2 Å². The molecule has 0 spiro atoms. The van der Waals surface area contributed by atoms with Crippen LogP contribution in [0.2, 0.25) is 0 Å². The Kier molecular flexibility index (Phi) is 5.39. The van der Waals surface area contributed by atoms with E-state index in [-0.39, 0.29) is 35.9 Å². The number of nitrogens with one attached hydrogen (secondary N) is 1. The molecule has 0 saturated carbocycles. The molecular weight excluding hydrogens is 240 g/mol. The topological polar surface area (TPSA) is 49.4 Å². The molecule has 1 heterocycles. The highest BCUT2D eigenvalue weighted by Gasteiger charge is 2.41. The van der Waals surface area contributed by atoms with Crippen molar-refractivity contribution < 1.29 is 9.59 Å². The Balaban J connectivity index is 2.82. The lowest BCUT2D eigenvalue weighted by atomic mass is 9.95. The van der Waals surface area contributed by atoms with Gasteiger partial charge in [-0.3, -0.25) is 9.59 Å². The van der Waals surface area contributed by atoms with Crippen LogP contribution in [0.3, 0.4) is 0 Å². The minimum Gasteiger partial charge on any atom is -0.342 e. The third kappa shape index (κ3) is 3.71. The zero-order chi connectivity index (χ0) is 14.7. The van der Waals surface area contributed by atoms with Gasteiger partial charge >= 0.3 is 0 Å². The third-order valence-electron chi connectivity index (χ3n) is 3.92. The molecule has 4 heteroatoms. The molecule has 1 saturated heterocycles. The second-order valence-electron chi connectivity index (χ2n) is 6.47. The van der Waals surface area contributed by atoms with Crippen LogP contribution in [0.1, 0.15) is 54.4 Å². The minimum absolute atomic E-state index is 0.0327. The van der Waals surface area contributed by atoms with E-state index in [9.17, 15) is 9.59 Å². The van der Waals surface area contributed by atoms with Gasteiger partial charge in [0.1, 0.15) is 12.1 Å². The van der Waals surface area contributed by atoms with E-state index >= 15 is 0 Å². The molecule has 0 aliphatic carbocycles. The fraction of sp³-hybridized carbons (Fsp3) is 0.867. The first-order valence-corrected chi connectivity index (χ1v) is 7.38. The average molecular weight is 268 g/mol. The Morgan fingerprint density at radius 1 is 1.11 bits per heavy atom. The van der Waals surface area contributed by atoms with E-state index in [0.717, 1.165) is 12.8 Å². The lowest BCUT2D eigenvalue weighted by molar-refractivity contribution is -0.152. The molecule has 3 unspecified atom stereocenters. The molecule has 1 fully saturated rings. The Labute approximate surface area is 116 Å². The normalized spacial score (nSPS) is 26.0. The summed E-state index contributed by atoms with van der Waals surface area (Å²) in [6, 6.07) is -0.605. The number of hydrogen-bond acceptors (Lipinski definition) is 2. The van der Waals surface area contributed by atoms with Gasteiger partial charge in [-0.2, -0.15) is 0 Å². The third-order valence-corrected chi connectivity index (χ3v) is 3.92. The van der Waals surface area contributed by atoms with Crippen molar-refractivity contribution in [3.8, 4) is 0 Å². The summed E-state index contributed by atoms with van der Waals surface area (Å²) in [4.78, 5) is 26.3. The summed E-state index contributed by atoms with van der Waals surface area (Å²) >= 11 is 0. The van der Waals surface area contributed by atoms with E-state index in [0.29, 0.717) is 5.92 Å². The molecular formula is C15H28N2O2. The van der Waals surface area contributed by atoms with Crippen molar-refractivity contribution in [3.05, 3.63) is 0 Å². The molecule has 0 aromatic carbocycles. The lowest BCUT2D eigenvalue weighted by Gasteiger charge is -2.42. The highest BCUT2D eigenvalue weighted by Crippen LogP contribution is 2.21. The largest absolute Gasteiger partial charge is 0.342 e. The Morgan fingerprint density at radius 3 is 2.16 bits per heavy atom. The van der Waals surface area contributed by atoms with Gasteiger partial charge in [0.2, 0.25) is 11.8 Å². The van der Waals surface area contributed by atoms with Gasteiger partial charge in [0.25, 0.3) is 0 Å². The van der Waals surface area contributed by atoms with Gasteiger partial charge in [-0.25, -0.2) is 0 Å². The molecule has 1 N–H and O–H groups in total. The monoisotopic (exact) mass is 268 g/mol. The minimum atomic E-state index is -0.370. The van der Waals surface area contributed by atoms with E-state index in [1.807, 2.05) is 27.7 Å². The predicted octanol–water partition coefficient (Wildman–Crippen LogP) is 2.18. The van der Waals surface area contributed by atoms with Crippen molar-refractivity contribution in [1.29, 1.82) is 0 Å². The molecule has 19 heavy (non-hydrogen) atoms. The summed E-state index contributed by atoms with van der Waals surface area (Å²) in [5, 5.41) is 2.83. The highest BCUT2D eigenvalue weighted by atomic mass is 16.2. The molecule has 2 amide bonds. The van der Waals surface area contributed by atoms with Crippen LogP contribution in [0.5, 0.6) is 0 Å². The first-order chi connectivity index (χ1) is 8.75. The smallest absolute Gasteiger partial charge is 0.246 e. The van der Waals surface area contributed by atoms with Gasteiger partial charge < -0.3 is 10.2 Å². The first-order valence-electron chi connectivity index (χ1n) is 7.38. The van der Waals surface area contributed by atoms with E-state index in [4.69, 9.17) is 0 Å². The quantitative estimate of drug-likeness (QED) is 0.831. The molecule has 110 valence electrons. The van der Waals surface area contributed by atoms with E-state index in [1.54, 1.807) is 4.90 Å². The zero-order valence-electron chi connectivity index (χ0n) is 13.1. The van der Waals surface area contributed by atoms with Crippen molar-refractivity contribution in [2.75, 3.05) is 0 Å². The van der Waals surface area contributed by atoms with Crippen molar-refractivity contribution in [3.63, 3.8) is 0 Å². The lowest BCUT2D eigenvalue weighted by Crippen LogP contribution is -2.65. The van der Waals surface area contributed by atoms with E-state index in [1.165, 1.54) is 0 Å². The van der Waals surface area contributed by atoms with Gasteiger partial charge in [0.05, 0.1) is 0 Å². The Bertz CT molecular complexity index is 339. The summed E-state index contributed by atoms with van der Waals surface area (Å²) in [6.07, 6.45) is 2.03. The van der Waals surface area contributed by atoms with Gasteiger partial charge in [0.15, 0.2) is 0 Å². The molecule has 0 bridgehead atoms. The molecule has 0 radical (unpaired) electrons. The van der Waals surface area contributed by atoms with Crippen molar-refractivity contribution in [2.24, 2.45) is 11.8 Å². The van der Waals surface area contributed by atoms with Gasteiger partial charge in [-0.1, -0.05) is 27.7 Å². The molecule has 0 aromatic heterocycles. The number of amides is 2. The summed E-state index contributed by atoms with van der Waals surface area (Å²) in [5.74, 6) is 0.782. The predicted molar refractivity (Wildman–Crippen MR) is 76.6 cm³/mol. The molecule has 1 aliphatic rings. The maximum Gasteiger partial charge on any atom is 0.246 e. The van der Waals surface area contributed by atoms with Crippen LogP contribution in [-0.2, 0) is 9.59 Å². The summed E-state index contributed by atoms with van der Waals surface area (Å²) < 4.78 is 0. The first kappa shape index (κ1) is 16.0. The number of piperazine rings is 1. The summed E-state index contributed by atoms with van der Waals surface area (Å²) in [6.45, 7) is 12.2. The zero-order valence-corrected chi connectivity index (χ0v) is 13.1. The highest BCUT2D eigenvalue weighted by molar-refractivity contribution is 5.97. The van der Waals surface area contributed by atoms with E-state index in [2.05, 4.69) is 19.2 Å². The standard InChI is InChI=1S/C15H28N2O2/c1-9(2)7-8-11(5)17-12(6)14(18)16-13(10(3)4)15(17)19/h9-13H,7-8H2,1-6H3,(H,16,18). The Morgan fingerprint density at radius 2 is 1.68 bits per heavy atom. The molecule has 0 aromatic rings. The second kappa shape index (κ2) is 6.40. The number of hydrogen-bond donors (Lipinski definition) is 1. The van der Waals surface area contributed by atoms with Crippen LogP contribution in [0.15, 0.2) is 0 Å². The van der Waals surface area contributed by atoms with Crippen LogP contribution in [-0.4, -0.2) is 34.8 Å². The summed E-state index contributed by atoms with van der Waals surface area (Å²) in [5.41, 5.74) is 0. The van der Waals surface area contributed by atoms with Crippen molar-refractivity contribution >= 4 is 11.8 Å². The number of carbonyl (C=O) groups excluding carboxylic acids is 2. The van der Waals surface area contributed by atoms with Crippen LogP contribution >= 0.6 is 0 Å². The van der Waals surface area contributed by atoms with Crippen molar-refractivity contribution in [2.45, 2.75) is 72.5 Å². The second-order valence-corrected chi connectivity index (χ2v) is 6.47. The van der Waals surface area contributed by atoms with Crippen LogP contribution in [0.25, 0.3) is 0 Å². The average Bonchev–Trinajstić information content (AvgIpc) is 2.31. The Hall–Kier alpha value is -1.06. The number of carbonyl (C=O) groups is 2. The number of nitrogens with zero attached hydrogens (tertiary/aromatic N) is 1. The fourth-order valence-electron chi connectivity index (χ4n) is 2.58. The van der Waals surface area contributed by atoms with Gasteiger partial charge in [-0.05, 0) is 38.5 Å². The van der Waals surface area contributed by atoms with Crippen LogP contribution < -0.4 is 5.32 Å². The maximum atomic E-state index is 12.5. The molecule has 4 nitrogen and oxygen atoms in total. The molecule has 3 atom stereocenters.